The Labute approximate surface area is 167 Å². The van der Waals surface area contributed by atoms with E-state index in [1.54, 1.807) is 26.0 Å². The summed E-state index contributed by atoms with van der Waals surface area (Å²) < 4.78 is 6.43. The third-order valence-electron chi connectivity index (χ3n) is 5.10. The van der Waals surface area contributed by atoms with E-state index in [1.165, 1.54) is 4.52 Å². The molecule has 9 heteroatoms. The molecule has 1 aliphatic heterocycles. The molecule has 1 aliphatic rings. The van der Waals surface area contributed by atoms with Gasteiger partial charge in [0.05, 0.1) is 17.9 Å². The fourth-order valence-electron chi connectivity index (χ4n) is 3.69. The molecule has 4 rings (SSSR count). The van der Waals surface area contributed by atoms with Crippen molar-refractivity contribution in [1.29, 1.82) is 0 Å². The number of anilines is 2. The van der Waals surface area contributed by atoms with Crippen molar-refractivity contribution < 1.29 is 9.53 Å². The summed E-state index contributed by atoms with van der Waals surface area (Å²) in [6.45, 7) is 8.74. The largest absolute Gasteiger partial charge is 0.462 e. The topological polar surface area (TPSA) is 95.8 Å². The molecule has 0 unspecified atom stereocenters. The molecule has 1 aromatic carbocycles. The third kappa shape index (κ3) is 3.55. The number of aryl methyl sites for hydroxylation is 2. The number of hydrogen-bond acceptors (Lipinski definition) is 7. The molecule has 9 nitrogen and oxygen atoms in total. The minimum absolute atomic E-state index is 0.125. The lowest BCUT2D eigenvalue weighted by Crippen LogP contribution is -2.48. The van der Waals surface area contributed by atoms with Gasteiger partial charge in [0.1, 0.15) is 11.5 Å². The van der Waals surface area contributed by atoms with Crippen LogP contribution < -0.4 is 15.4 Å². The average molecular weight is 396 g/mol. The molecule has 0 amide bonds. The first kappa shape index (κ1) is 19.0. The Morgan fingerprint density at radius 1 is 1.07 bits per heavy atom. The van der Waals surface area contributed by atoms with Crippen LogP contribution in [0.4, 0.5) is 11.4 Å². The molecule has 152 valence electrons. The second-order valence-corrected chi connectivity index (χ2v) is 7.04. The van der Waals surface area contributed by atoms with E-state index in [9.17, 15) is 9.59 Å². The summed E-state index contributed by atoms with van der Waals surface area (Å²) in [6.07, 6.45) is 0. The third-order valence-corrected chi connectivity index (χ3v) is 5.10. The molecule has 0 aliphatic carbocycles. The van der Waals surface area contributed by atoms with E-state index in [-0.39, 0.29) is 11.5 Å². The van der Waals surface area contributed by atoms with Crippen LogP contribution in [0, 0.1) is 13.8 Å². The van der Waals surface area contributed by atoms with Crippen LogP contribution in [0.3, 0.4) is 0 Å². The number of aromatic nitrogens is 4. The number of aromatic amines is 1. The number of carbonyl (C=O) groups excluding carboxylic acids is 1. The van der Waals surface area contributed by atoms with Crippen LogP contribution in [0.15, 0.2) is 29.1 Å². The molecule has 0 radical (unpaired) electrons. The second-order valence-electron chi connectivity index (χ2n) is 7.04. The van der Waals surface area contributed by atoms with Crippen molar-refractivity contribution in [2.45, 2.75) is 20.8 Å². The Hall–Kier alpha value is -3.36. The monoisotopic (exact) mass is 396 g/mol. The Morgan fingerprint density at radius 2 is 1.72 bits per heavy atom. The van der Waals surface area contributed by atoms with Gasteiger partial charge in [-0.2, -0.15) is 9.50 Å². The van der Waals surface area contributed by atoms with Crippen molar-refractivity contribution in [2.24, 2.45) is 0 Å². The maximum absolute atomic E-state index is 12.9. The van der Waals surface area contributed by atoms with Gasteiger partial charge in [-0.1, -0.05) is 0 Å². The van der Waals surface area contributed by atoms with E-state index >= 15 is 0 Å². The number of benzene rings is 1. The normalized spacial score (nSPS) is 14.4. The average Bonchev–Trinajstić information content (AvgIpc) is 3.09. The van der Waals surface area contributed by atoms with Gasteiger partial charge >= 0.3 is 5.97 Å². The quantitative estimate of drug-likeness (QED) is 0.668. The number of carbonyl (C=O) groups is 1. The maximum atomic E-state index is 12.9. The number of rotatable bonds is 4. The fraction of sp³-hybridized carbons (Fsp3) is 0.400. The van der Waals surface area contributed by atoms with Gasteiger partial charge in [-0.15, -0.1) is 0 Å². The molecule has 2 aromatic heterocycles. The molecule has 1 saturated heterocycles. The fourth-order valence-corrected chi connectivity index (χ4v) is 3.69. The Kier molecular flexibility index (Phi) is 4.96. The summed E-state index contributed by atoms with van der Waals surface area (Å²) >= 11 is 0. The predicted molar refractivity (Wildman–Crippen MR) is 110 cm³/mol. The zero-order valence-electron chi connectivity index (χ0n) is 16.8. The van der Waals surface area contributed by atoms with Crippen LogP contribution >= 0.6 is 0 Å². The zero-order valence-corrected chi connectivity index (χ0v) is 16.8. The van der Waals surface area contributed by atoms with Crippen molar-refractivity contribution in [3.05, 3.63) is 51.7 Å². The lowest BCUT2D eigenvalue weighted by atomic mass is 10.1. The number of piperazine rings is 1. The Morgan fingerprint density at radius 3 is 2.38 bits per heavy atom. The Bertz CT molecular complexity index is 1090. The lowest BCUT2D eigenvalue weighted by molar-refractivity contribution is 0.0526. The van der Waals surface area contributed by atoms with Crippen LogP contribution in [-0.2, 0) is 4.74 Å². The molecule has 0 spiro atoms. The SMILES string of the molecule is CCOC(=O)c1ccc(N2CCN(c3c(C)nc4nc(C)[nH]n4c3=O)CC2)cc1. The number of fused-ring (bicyclic) bond motifs is 1. The molecule has 0 atom stereocenters. The molecule has 3 heterocycles. The number of hydrogen-bond donors (Lipinski definition) is 1. The van der Waals surface area contributed by atoms with Crippen LogP contribution in [0.1, 0.15) is 28.8 Å². The van der Waals surface area contributed by atoms with Crippen molar-refractivity contribution in [2.75, 3.05) is 42.6 Å². The van der Waals surface area contributed by atoms with Gasteiger partial charge in [0.25, 0.3) is 11.3 Å². The maximum Gasteiger partial charge on any atom is 0.338 e. The number of nitrogens with zero attached hydrogens (tertiary/aromatic N) is 5. The molecule has 1 fully saturated rings. The lowest BCUT2D eigenvalue weighted by Gasteiger charge is -2.37. The van der Waals surface area contributed by atoms with E-state index in [2.05, 4.69) is 24.9 Å². The van der Waals surface area contributed by atoms with Crippen LogP contribution in [0.2, 0.25) is 0 Å². The highest BCUT2D eigenvalue weighted by Crippen LogP contribution is 2.21. The minimum atomic E-state index is -0.309. The predicted octanol–water partition coefficient (Wildman–Crippen LogP) is 1.54. The van der Waals surface area contributed by atoms with Crippen molar-refractivity contribution in [3.8, 4) is 0 Å². The molecule has 1 N–H and O–H groups in total. The van der Waals surface area contributed by atoms with E-state index in [4.69, 9.17) is 4.74 Å². The van der Waals surface area contributed by atoms with Gasteiger partial charge < -0.3 is 14.5 Å². The van der Waals surface area contributed by atoms with Gasteiger partial charge in [0.2, 0.25) is 0 Å². The van der Waals surface area contributed by atoms with E-state index in [1.807, 2.05) is 19.1 Å². The molecular formula is C20H24N6O3. The second kappa shape index (κ2) is 7.57. The van der Waals surface area contributed by atoms with Crippen molar-refractivity contribution in [3.63, 3.8) is 0 Å². The van der Waals surface area contributed by atoms with Gasteiger partial charge in [-0.05, 0) is 45.0 Å². The first-order chi connectivity index (χ1) is 14.0. The van der Waals surface area contributed by atoms with Gasteiger partial charge in [0.15, 0.2) is 0 Å². The summed E-state index contributed by atoms with van der Waals surface area (Å²) in [4.78, 5) is 37.8. The molecule has 0 bridgehead atoms. The number of H-pyrrole nitrogens is 1. The van der Waals surface area contributed by atoms with Crippen molar-refractivity contribution in [1.82, 2.24) is 19.6 Å². The van der Waals surface area contributed by atoms with Crippen LogP contribution in [0.5, 0.6) is 0 Å². The molecular weight excluding hydrogens is 372 g/mol. The zero-order chi connectivity index (χ0) is 20.5. The highest BCUT2D eigenvalue weighted by atomic mass is 16.5. The molecule has 0 saturated carbocycles. The summed E-state index contributed by atoms with van der Waals surface area (Å²) in [7, 11) is 0. The highest BCUT2D eigenvalue weighted by Gasteiger charge is 2.23. The van der Waals surface area contributed by atoms with Crippen molar-refractivity contribution >= 4 is 23.1 Å². The first-order valence-electron chi connectivity index (χ1n) is 9.71. The Balaban J connectivity index is 1.49. The van der Waals surface area contributed by atoms with Crippen LogP contribution in [0.25, 0.3) is 5.78 Å². The number of esters is 1. The van der Waals surface area contributed by atoms with E-state index < -0.39 is 0 Å². The van der Waals surface area contributed by atoms with Gasteiger partial charge in [-0.3, -0.25) is 9.89 Å². The molecule has 29 heavy (non-hydrogen) atoms. The standard InChI is InChI=1S/C20H24N6O3/c1-4-29-19(28)15-5-7-16(8-6-15)24-9-11-25(12-10-24)17-13(2)21-20-22-14(3)23-26(20)18(17)27/h5-8H,4,9-12H2,1-3H3,(H,21,22,23). The summed E-state index contributed by atoms with van der Waals surface area (Å²) in [5, 5.41) is 2.95. The van der Waals surface area contributed by atoms with E-state index in [0.29, 0.717) is 48.2 Å². The highest BCUT2D eigenvalue weighted by molar-refractivity contribution is 5.89. The minimum Gasteiger partial charge on any atom is -0.462 e. The summed E-state index contributed by atoms with van der Waals surface area (Å²) in [6, 6.07) is 7.44. The summed E-state index contributed by atoms with van der Waals surface area (Å²) in [5.74, 6) is 0.744. The first-order valence-corrected chi connectivity index (χ1v) is 9.71. The smallest absolute Gasteiger partial charge is 0.338 e. The summed E-state index contributed by atoms with van der Waals surface area (Å²) in [5.41, 5.74) is 2.77. The van der Waals surface area contributed by atoms with Gasteiger partial charge in [-0.25, -0.2) is 9.78 Å². The molecule has 3 aromatic rings. The van der Waals surface area contributed by atoms with Gasteiger partial charge in [0, 0.05) is 31.9 Å². The number of ether oxygens (including phenoxy) is 1. The number of nitrogens with one attached hydrogen (secondary N) is 1. The van der Waals surface area contributed by atoms with E-state index in [0.717, 1.165) is 18.8 Å². The van der Waals surface area contributed by atoms with Crippen LogP contribution in [-0.4, -0.2) is 58.3 Å².